The first-order valence-electron chi connectivity index (χ1n) is 9.47. The summed E-state index contributed by atoms with van der Waals surface area (Å²) in [5.74, 6) is 1.26. The van der Waals surface area contributed by atoms with Crippen molar-refractivity contribution in [1.82, 2.24) is 20.0 Å². The summed E-state index contributed by atoms with van der Waals surface area (Å²) in [7, 11) is 0. The maximum atomic E-state index is 10.5. The SMILES string of the molecule is N#Cc1cccnc1N1CCC(Cn2cc([C@H](O)c3ccccc3)nn2)CC1. The van der Waals surface area contributed by atoms with Gasteiger partial charge in [-0.2, -0.15) is 5.26 Å². The maximum absolute atomic E-state index is 10.5. The van der Waals surface area contributed by atoms with E-state index in [1.54, 1.807) is 12.3 Å². The second-order valence-electron chi connectivity index (χ2n) is 7.10. The molecule has 1 aliphatic rings. The van der Waals surface area contributed by atoms with Crippen LogP contribution in [0.5, 0.6) is 0 Å². The van der Waals surface area contributed by atoms with Crippen molar-refractivity contribution >= 4 is 5.82 Å². The van der Waals surface area contributed by atoms with Crippen LogP contribution in [0.4, 0.5) is 5.82 Å². The number of piperidine rings is 1. The number of rotatable bonds is 5. The third kappa shape index (κ3) is 3.87. The Labute approximate surface area is 163 Å². The third-order valence-electron chi connectivity index (χ3n) is 5.22. The predicted octanol–water partition coefficient (Wildman–Crippen LogP) is 2.54. The van der Waals surface area contributed by atoms with E-state index < -0.39 is 6.10 Å². The molecule has 0 saturated carbocycles. The zero-order valence-corrected chi connectivity index (χ0v) is 15.5. The largest absolute Gasteiger partial charge is 0.382 e. The van der Waals surface area contributed by atoms with Crippen LogP contribution in [0.2, 0.25) is 0 Å². The summed E-state index contributed by atoms with van der Waals surface area (Å²) in [6.45, 7) is 2.50. The average molecular weight is 374 g/mol. The van der Waals surface area contributed by atoms with Crippen LogP contribution in [-0.4, -0.2) is 38.2 Å². The van der Waals surface area contributed by atoms with Crippen LogP contribution in [0.1, 0.15) is 35.8 Å². The van der Waals surface area contributed by atoms with Gasteiger partial charge in [0.2, 0.25) is 0 Å². The molecule has 1 aromatic carbocycles. The molecule has 1 N–H and O–H groups in total. The molecule has 3 aromatic rings. The fourth-order valence-electron chi connectivity index (χ4n) is 3.66. The molecule has 0 aliphatic carbocycles. The number of anilines is 1. The van der Waals surface area contributed by atoms with Gasteiger partial charge in [-0.15, -0.1) is 5.10 Å². The van der Waals surface area contributed by atoms with Gasteiger partial charge in [-0.1, -0.05) is 35.5 Å². The summed E-state index contributed by atoms with van der Waals surface area (Å²) in [6, 6.07) is 15.3. The van der Waals surface area contributed by atoms with Gasteiger partial charge in [0.15, 0.2) is 0 Å². The molecule has 1 saturated heterocycles. The molecule has 28 heavy (non-hydrogen) atoms. The number of aliphatic hydroxyl groups excluding tert-OH is 1. The van der Waals surface area contributed by atoms with Crippen LogP contribution in [-0.2, 0) is 6.54 Å². The Morgan fingerprint density at radius 1 is 1.14 bits per heavy atom. The van der Waals surface area contributed by atoms with Crippen LogP contribution >= 0.6 is 0 Å². The molecule has 4 rings (SSSR count). The van der Waals surface area contributed by atoms with Gasteiger partial charge in [0.1, 0.15) is 23.7 Å². The number of hydrogen-bond acceptors (Lipinski definition) is 6. The number of benzene rings is 1. The van der Waals surface area contributed by atoms with Crippen LogP contribution < -0.4 is 4.90 Å². The minimum atomic E-state index is -0.759. The van der Waals surface area contributed by atoms with Crippen molar-refractivity contribution in [3.05, 3.63) is 71.7 Å². The highest BCUT2D eigenvalue weighted by Crippen LogP contribution is 2.25. The summed E-state index contributed by atoms with van der Waals surface area (Å²) in [4.78, 5) is 6.56. The standard InChI is InChI=1S/C21H22N6O/c22-13-18-7-4-10-23-21(18)26-11-8-16(9-12-26)14-27-15-19(24-25-27)20(28)17-5-2-1-3-6-17/h1-7,10,15-16,20,28H,8-9,11-12,14H2/t20-/m1/s1. The molecule has 1 fully saturated rings. The molecule has 0 spiro atoms. The van der Waals surface area contributed by atoms with E-state index in [1.807, 2.05) is 47.3 Å². The predicted molar refractivity (Wildman–Crippen MR) is 104 cm³/mol. The first-order chi connectivity index (χ1) is 13.7. The Balaban J connectivity index is 1.36. The summed E-state index contributed by atoms with van der Waals surface area (Å²) < 4.78 is 1.82. The number of aliphatic hydroxyl groups is 1. The molecule has 142 valence electrons. The summed E-state index contributed by atoms with van der Waals surface area (Å²) in [6.07, 6.45) is 4.80. The average Bonchev–Trinajstić information content (AvgIpc) is 3.23. The molecular formula is C21H22N6O. The van der Waals surface area contributed by atoms with Crippen molar-refractivity contribution in [3.63, 3.8) is 0 Å². The highest BCUT2D eigenvalue weighted by Gasteiger charge is 2.23. The van der Waals surface area contributed by atoms with E-state index in [0.717, 1.165) is 43.9 Å². The molecule has 2 aromatic heterocycles. The quantitative estimate of drug-likeness (QED) is 0.738. The minimum Gasteiger partial charge on any atom is -0.382 e. The molecule has 0 radical (unpaired) electrons. The fraction of sp³-hybridized carbons (Fsp3) is 0.333. The first-order valence-corrected chi connectivity index (χ1v) is 9.47. The van der Waals surface area contributed by atoms with Crippen LogP contribution in [0.15, 0.2) is 54.9 Å². The Morgan fingerprint density at radius 2 is 1.93 bits per heavy atom. The number of aromatic nitrogens is 4. The lowest BCUT2D eigenvalue weighted by atomic mass is 9.96. The third-order valence-corrected chi connectivity index (χ3v) is 5.22. The molecule has 7 nitrogen and oxygen atoms in total. The minimum absolute atomic E-state index is 0.480. The number of nitriles is 1. The second-order valence-corrected chi connectivity index (χ2v) is 7.10. The molecule has 0 amide bonds. The van der Waals surface area contributed by atoms with Gasteiger partial charge in [-0.3, -0.25) is 4.68 Å². The summed E-state index contributed by atoms with van der Waals surface area (Å²) >= 11 is 0. The molecule has 0 bridgehead atoms. The van der Waals surface area contributed by atoms with Crippen molar-refractivity contribution in [3.8, 4) is 6.07 Å². The van der Waals surface area contributed by atoms with E-state index in [1.165, 1.54) is 0 Å². The normalized spacial score (nSPS) is 15.9. The Kier molecular flexibility index (Phi) is 5.31. The van der Waals surface area contributed by atoms with Gasteiger partial charge in [-0.25, -0.2) is 4.98 Å². The van der Waals surface area contributed by atoms with Crippen LogP contribution in [0.3, 0.4) is 0 Å². The van der Waals surface area contributed by atoms with Gasteiger partial charge < -0.3 is 10.0 Å². The lowest BCUT2D eigenvalue weighted by Crippen LogP contribution is -2.36. The molecular weight excluding hydrogens is 352 g/mol. The number of nitrogens with zero attached hydrogens (tertiary/aromatic N) is 6. The van der Waals surface area contributed by atoms with Crippen molar-refractivity contribution in [2.45, 2.75) is 25.5 Å². The molecule has 3 heterocycles. The zero-order valence-electron chi connectivity index (χ0n) is 15.5. The molecule has 0 unspecified atom stereocenters. The van der Waals surface area contributed by atoms with E-state index in [-0.39, 0.29) is 0 Å². The summed E-state index contributed by atoms with van der Waals surface area (Å²) in [5.41, 5.74) is 2.00. The molecule has 1 atom stereocenters. The topological polar surface area (TPSA) is 90.9 Å². The van der Waals surface area contributed by atoms with Gasteiger partial charge >= 0.3 is 0 Å². The van der Waals surface area contributed by atoms with Gasteiger partial charge in [0, 0.05) is 25.8 Å². The number of hydrogen-bond donors (Lipinski definition) is 1. The maximum Gasteiger partial charge on any atom is 0.146 e. The van der Waals surface area contributed by atoms with Gasteiger partial charge in [0.25, 0.3) is 0 Å². The first kappa shape index (κ1) is 18.1. The Bertz CT molecular complexity index is 956. The van der Waals surface area contributed by atoms with E-state index in [4.69, 9.17) is 0 Å². The van der Waals surface area contributed by atoms with Crippen molar-refractivity contribution in [2.24, 2.45) is 5.92 Å². The number of pyridine rings is 1. The van der Waals surface area contributed by atoms with Crippen molar-refractivity contribution < 1.29 is 5.11 Å². The molecule has 7 heteroatoms. The van der Waals surface area contributed by atoms with Crippen molar-refractivity contribution in [2.75, 3.05) is 18.0 Å². The Hall–Kier alpha value is -3.24. The summed E-state index contributed by atoms with van der Waals surface area (Å²) in [5, 5.41) is 28.1. The Morgan fingerprint density at radius 3 is 2.68 bits per heavy atom. The van der Waals surface area contributed by atoms with Crippen LogP contribution in [0, 0.1) is 17.2 Å². The van der Waals surface area contributed by atoms with E-state index in [9.17, 15) is 10.4 Å². The highest BCUT2D eigenvalue weighted by atomic mass is 16.3. The lowest BCUT2D eigenvalue weighted by molar-refractivity contribution is 0.215. The van der Waals surface area contributed by atoms with E-state index >= 15 is 0 Å². The smallest absolute Gasteiger partial charge is 0.146 e. The second kappa shape index (κ2) is 8.19. The lowest BCUT2D eigenvalue weighted by Gasteiger charge is -2.33. The fourth-order valence-corrected chi connectivity index (χ4v) is 3.66. The molecule has 1 aliphatic heterocycles. The monoisotopic (exact) mass is 374 g/mol. The van der Waals surface area contributed by atoms with Gasteiger partial charge in [-0.05, 0) is 36.5 Å². The van der Waals surface area contributed by atoms with Gasteiger partial charge in [0.05, 0.1) is 11.8 Å². The van der Waals surface area contributed by atoms with Crippen molar-refractivity contribution in [1.29, 1.82) is 5.26 Å². The van der Waals surface area contributed by atoms with E-state index in [2.05, 4.69) is 26.3 Å². The van der Waals surface area contributed by atoms with E-state index in [0.29, 0.717) is 17.2 Å². The van der Waals surface area contributed by atoms with Crippen LogP contribution in [0.25, 0.3) is 0 Å². The zero-order chi connectivity index (χ0) is 19.3. The highest BCUT2D eigenvalue weighted by molar-refractivity contribution is 5.53.